The lowest BCUT2D eigenvalue weighted by molar-refractivity contribution is -0.111. The molecule has 1 fully saturated rings. The van der Waals surface area contributed by atoms with Crippen LogP contribution in [0.3, 0.4) is 0 Å². The summed E-state index contributed by atoms with van der Waals surface area (Å²) in [5.41, 5.74) is 0. The summed E-state index contributed by atoms with van der Waals surface area (Å²) in [4.78, 5) is 11.1. The lowest BCUT2D eigenvalue weighted by Crippen LogP contribution is -2.12. The van der Waals surface area contributed by atoms with Crippen LogP contribution in [0.1, 0.15) is 58.3 Å². The Morgan fingerprint density at radius 1 is 1.38 bits per heavy atom. The quantitative estimate of drug-likeness (QED) is 0.628. The van der Waals surface area contributed by atoms with Gasteiger partial charge in [0.15, 0.2) is 5.12 Å². The van der Waals surface area contributed by atoms with Crippen molar-refractivity contribution >= 4 is 16.9 Å². The molecule has 1 unspecified atom stereocenters. The van der Waals surface area contributed by atoms with Crippen LogP contribution in [0, 0.1) is 0 Å². The van der Waals surface area contributed by atoms with E-state index in [1.807, 2.05) is 0 Å². The van der Waals surface area contributed by atoms with E-state index in [-0.39, 0.29) is 0 Å². The maximum Gasteiger partial charge on any atom is 0.189 e. The molecule has 1 aliphatic heterocycles. The molecule has 1 saturated heterocycles. The van der Waals surface area contributed by atoms with Crippen molar-refractivity contribution in [1.82, 2.24) is 0 Å². The van der Waals surface area contributed by atoms with Gasteiger partial charge in [-0.1, -0.05) is 44.4 Å². The fourth-order valence-electron chi connectivity index (χ4n) is 1.78. The van der Waals surface area contributed by atoms with Gasteiger partial charge >= 0.3 is 0 Å². The minimum Gasteiger partial charge on any atom is -0.287 e. The Labute approximate surface area is 85.7 Å². The van der Waals surface area contributed by atoms with Gasteiger partial charge in [-0.3, -0.25) is 4.79 Å². The van der Waals surface area contributed by atoms with Crippen LogP contribution in [0.5, 0.6) is 0 Å². The molecule has 0 aromatic carbocycles. The van der Waals surface area contributed by atoms with Gasteiger partial charge in [0.25, 0.3) is 0 Å². The first-order chi connectivity index (χ1) is 6.33. The highest BCUT2D eigenvalue weighted by atomic mass is 32.2. The summed E-state index contributed by atoms with van der Waals surface area (Å²) in [6, 6.07) is 0. The van der Waals surface area contributed by atoms with Crippen LogP contribution in [-0.4, -0.2) is 10.4 Å². The molecule has 13 heavy (non-hydrogen) atoms. The van der Waals surface area contributed by atoms with Crippen LogP contribution in [0.15, 0.2) is 0 Å². The number of carbonyl (C=O) groups is 1. The average molecular weight is 200 g/mol. The summed E-state index contributed by atoms with van der Waals surface area (Å²) in [7, 11) is 0. The van der Waals surface area contributed by atoms with E-state index < -0.39 is 0 Å². The van der Waals surface area contributed by atoms with Crippen molar-refractivity contribution in [3.05, 3.63) is 0 Å². The van der Waals surface area contributed by atoms with E-state index in [1.165, 1.54) is 38.5 Å². The Morgan fingerprint density at radius 3 is 2.92 bits per heavy atom. The minimum atomic E-state index is 0.423. The predicted octanol–water partition coefficient (Wildman–Crippen LogP) is 3.77. The number of hydrogen-bond acceptors (Lipinski definition) is 2. The predicted molar refractivity (Wildman–Crippen MR) is 59.0 cm³/mol. The van der Waals surface area contributed by atoms with Crippen molar-refractivity contribution in [2.45, 2.75) is 63.5 Å². The first-order valence-corrected chi connectivity index (χ1v) is 6.40. The molecule has 1 heterocycles. The van der Waals surface area contributed by atoms with E-state index in [0.717, 1.165) is 12.8 Å². The number of rotatable bonds is 5. The van der Waals surface area contributed by atoms with Gasteiger partial charge in [0.1, 0.15) is 0 Å². The number of thioether (sulfide) groups is 1. The molecule has 1 rings (SSSR count). The second-order valence-corrected chi connectivity index (χ2v) is 5.21. The van der Waals surface area contributed by atoms with E-state index >= 15 is 0 Å². The highest BCUT2D eigenvalue weighted by Crippen LogP contribution is 2.30. The van der Waals surface area contributed by atoms with Gasteiger partial charge < -0.3 is 0 Å². The molecule has 0 saturated carbocycles. The van der Waals surface area contributed by atoms with Crippen molar-refractivity contribution in [3.63, 3.8) is 0 Å². The molecule has 0 spiro atoms. The van der Waals surface area contributed by atoms with Crippen LogP contribution in [0.2, 0.25) is 0 Å². The SMILES string of the molecule is CCCCCCC1CCCC(=O)S1. The molecule has 1 atom stereocenters. The molecular formula is C11H20OS. The molecule has 1 nitrogen and oxygen atoms in total. The molecular weight excluding hydrogens is 180 g/mol. The zero-order chi connectivity index (χ0) is 9.52. The summed E-state index contributed by atoms with van der Waals surface area (Å²) in [5, 5.41) is 1.07. The molecule has 0 bridgehead atoms. The summed E-state index contributed by atoms with van der Waals surface area (Å²) < 4.78 is 0. The fourth-order valence-corrected chi connectivity index (χ4v) is 2.98. The second-order valence-electron chi connectivity index (χ2n) is 3.85. The standard InChI is InChI=1S/C11H20OS/c1-2-3-4-5-7-10-8-6-9-11(12)13-10/h10H,2-9H2,1H3. The smallest absolute Gasteiger partial charge is 0.189 e. The number of carbonyl (C=O) groups excluding carboxylic acids is 1. The Balaban J connectivity index is 2.03. The zero-order valence-electron chi connectivity index (χ0n) is 8.55. The first-order valence-electron chi connectivity index (χ1n) is 5.52. The van der Waals surface area contributed by atoms with Crippen LogP contribution in [0.4, 0.5) is 0 Å². The van der Waals surface area contributed by atoms with Gasteiger partial charge in [0.05, 0.1) is 0 Å². The van der Waals surface area contributed by atoms with E-state index in [1.54, 1.807) is 11.8 Å². The minimum absolute atomic E-state index is 0.423. The van der Waals surface area contributed by atoms with Crippen LogP contribution >= 0.6 is 11.8 Å². The van der Waals surface area contributed by atoms with Gasteiger partial charge in [-0.15, -0.1) is 0 Å². The van der Waals surface area contributed by atoms with Crippen molar-refractivity contribution in [2.24, 2.45) is 0 Å². The van der Waals surface area contributed by atoms with E-state index in [4.69, 9.17) is 0 Å². The summed E-state index contributed by atoms with van der Waals surface area (Å²) in [6.45, 7) is 2.24. The van der Waals surface area contributed by atoms with Gasteiger partial charge in [-0.05, 0) is 19.3 Å². The first kappa shape index (κ1) is 11.1. The van der Waals surface area contributed by atoms with E-state index in [9.17, 15) is 4.79 Å². The molecule has 0 aromatic rings. The molecule has 0 aromatic heterocycles. The highest BCUT2D eigenvalue weighted by Gasteiger charge is 2.19. The van der Waals surface area contributed by atoms with E-state index in [0.29, 0.717) is 10.4 Å². The molecule has 0 radical (unpaired) electrons. The maximum atomic E-state index is 11.1. The van der Waals surface area contributed by atoms with Crippen LogP contribution < -0.4 is 0 Å². The zero-order valence-corrected chi connectivity index (χ0v) is 9.37. The molecule has 0 N–H and O–H groups in total. The average Bonchev–Trinajstić information content (AvgIpc) is 2.13. The highest BCUT2D eigenvalue weighted by molar-refractivity contribution is 8.14. The van der Waals surface area contributed by atoms with Crippen molar-refractivity contribution in [3.8, 4) is 0 Å². The van der Waals surface area contributed by atoms with Gasteiger partial charge in [-0.25, -0.2) is 0 Å². The van der Waals surface area contributed by atoms with Gasteiger partial charge in [0, 0.05) is 11.7 Å². The molecule has 0 aliphatic carbocycles. The van der Waals surface area contributed by atoms with Gasteiger partial charge in [0.2, 0.25) is 0 Å². The molecule has 76 valence electrons. The largest absolute Gasteiger partial charge is 0.287 e. The lowest BCUT2D eigenvalue weighted by atomic mass is 10.1. The van der Waals surface area contributed by atoms with Crippen molar-refractivity contribution in [1.29, 1.82) is 0 Å². The fraction of sp³-hybridized carbons (Fsp3) is 0.909. The van der Waals surface area contributed by atoms with Crippen LogP contribution in [-0.2, 0) is 4.79 Å². The van der Waals surface area contributed by atoms with Crippen LogP contribution in [0.25, 0.3) is 0 Å². The topological polar surface area (TPSA) is 17.1 Å². The van der Waals surface area contributed by atoms with Gasteiger partial charge in [-0.2, -0.15) is 0 Å². The third kappa shape index (κ3) is 4.70. The normalized spacial score (nSPS) is 23.5. The second kappa shape index (κ2) is 6.47. The van der Waals surface area contributed by atoms with Crippen molar-refractivity contribution < 1.29 is 4.79 Å². The van der Waals surface area contributed by atoms with E-state index in [2.05, 4.69) is 6.92 Å². The Hall–Kier alpha value is 0.0200. The maximum absolute atomic E-state index is 11.1. The third-order valence-corrected chi connectivity index (χ3v) is 3.86. The monoisotopic (exact) mass is 200 g/mol. The summed E-state index contributed by atoms with van der Waals surface area (Å²) in [6.07, 6.45) is 9.79. The third-order valence-electron chi connectivity index (χ3n) is 2.58. The molecule has 1 aliphatic rings. The number of hydrogen-bond donors (Lipinski definition) is 0. The molecule has 2 heteroatoms. The Bertz CT molecular complexity index is 156. The Morgan fingerprint density at radius 2 is 2.23 bits per heavy atom. The molecule has 0 amide bonds. The Kier molecular flexibility index (Phi) is 5.52. The summed E-state index contributed by atoms with van der Waals surface area (Å²) in [5.74, 6) is 0. The van der Waals surface area contributed by atoms with Crippen molar-refractivity contribution in [2.75, 3.05) is 0 Å². The summed E-state index contributed by atoms with van der Waals surface area (Å²) >= 11 is 1.61. The lowest BCUT2D eigenvalue weighted by Gasteiger charge is -2.19. The number of unbranched alkanes of at least 4 members (excludes halogenated alkanes) is 3.